The molecule has 1 saturated carbocycles. The lowest BCUT2D eigenvalue weighted by Crippen LogP contribution is -2.40. The number of nitrogens with one attached hydrogen (secondary N) is 1. The second-order valence-electron chi connectivity index (χ2n) is 5.64. The van der Waals surface area contributed by atoms with E-state index in [4.69, 9.17) is 23.2 Å². The Labute approximate surface area is 155 Å². The van der Waals surface area contributed by atoms with Gasteiger partial charge in [0.1, 0.15) is 0 Å². The molecule has 3 nitrogen and oxygen atoms in total. The Hall–Kier alpha value is -0.490. The lowest BCUT2D eigenvalue weighted by molar-refractivity contribution is -0.120. The van der Waals surface area contributed by atoms with Crippen LogP contribution in [0.1, 0.15) is 31.2 Å². The van der Waals surface area contributed by atoms with Crippen LogP contribution < -0.4 is 5.32 Å². The van der Waals surface area contributed by atoms with Gasteiger partial charge in [0.2, 0.25) is 5.91 Å². The Morgan fingerprint density at radius 2 is 2.09 bits per heavy atom. The smallest absolute Gasteiger partial charge is 0.226 e. The Morgan fingerprint density at radius 1 is 1.30 bits per heavy atom. The summed E-state index contributed by atoms with van der Waals surface area (Å²) < 4.78 is 2.16. The highest BCUT2D eigenvalue weighted by atomic mass is 35.5. The molecule has 124 valence electrons. The van der Waals surface area contributed by atoms with Crippen LogP contribution in [0.15, 0.2) is 29.8 Å². The zero-order valence-electron chi connectivity index (χ0n) is 12.5. The fourth-order valence-corrected chi connectivity index (χ4v) is 5.30. The molecule has 1 atom stereocenters. The van der Waals surface area contributed by atoms with E-state index in [0.29, 0.717) is 21.7 Å². The van der Waals surface area contributed by atoms with E-state index in [1.807, 2.05) is 23.4 Å². The molecule has 1 aliphatic carbocycles. The van der Waals surface area contributed by atoms with Gasteiger partial charge in [-0.2, -0.15) is 0 Å². The van der Waals surface area contributed by atoms with Crippen molar-refractivity contribution < 1.29 is 4.79 Å². The molecule has 1 fully saturated rings. The van der Waals surface area contributed by atoms with Crippen molar-refractivity contribution in [2.75, 3.05) is 0 Å². The third kappa shape index (κ3) is 4.75. The summed E-state index contributed by atoms with van der Waals surface area (Å²) in [5.41, 5.74) is 0.832. The van der Waals surface area contributed by atoms with E-state index in [2.05, 4.69) is 15.8 Å². The summed E-state index contributed by atoms with van der Waals surface area (Å²) in [6.07, 6.45) is 7.52. The fourth-order valence-electron chi connectivity index (χ4n) is 2.69. The number of hydrogen-bond donors (Lipinski definition) is 1. The highest BCUT2D eigenvalue weighted by Gasteiger charge is 2.27. The third-order valence-corrected chi connectivity index (χ3v) is 6.95. The number of nitrogens with zero attached hydrogens (tertiary/aromatic N) is 1. The fraction of sp³-hybridized carbons (Fsp3) is 0.438. The summed E-state index contributed by atoms with van der Waals surface area (Å²) in [4.78, 5) is 12.3. The molecule has 2 aliphatic rings. The van der Waals surface area contributed by atoms with E-state index in [1.165, 1.54) is 25.7 Å². The predicted molar refractivity (Wildman–Crippen MR) is 101 cm³/mol. The number of thioether (sulfide) groups is 1. The first-order valence-corrected chi connectivity index (χ1v) is 10.2. The van der Waals surface area contributed by atoms with E-state index in [-0.39, 0.29) is 11.4 Å². The van der Waals surface area contributed by atoms with Crippen molar-refractivity contribution in [2.45, 2.75) is 42.9 Å². The number of rotatable bonds is 5. The molecular weight excluding hydrogens is 371 g/mol. The van der Waals surface area contributed by atoms with Crippen molar-refractivity contribution >= 4 is 52.8 Å². The maximum absolute atomic E-state index is 12.3. The summed E-state index contributed by atoms with van der Waals surface area (Å²) in [6, 6.07) is 5.30. The van der Waals surface area contributed by atoms with Crippen LogP contribution in [0.2, 0.25) is 10.0 Å². The Morgan fingerprint density at radius 3 is 2.83 bits per heavy atom. The van der Waals surface area contributed by atoms with Crippen LogP contribution in [0.25, 0.3) is 0 Å². The van der Waals surface area contributed by atoms with Gasteiger partial charge in [0.25, 0.3) is 0 Å². The Kier molecular flexibility index (Phi) is 6.07. The SMILES string of the molecule is O=C(Cc1ccc(Cl)c(Cl)c1)NC1SC=CN1SC1CCCC1. The highest BCUT2D eigenvalue weighted by molar-refractivity contribution is 8.04. The van der Waals surface area contributed by atoms with Gasteiger partial charge in [0.05, 0.1) is 16.5 Å². The van der Waals surface area contributed by atoms with E-state index >= 15 is 0 Å². The Bertz CT molecular complexity index is 606. The van der Waals surface area contributed by atoms with Crippen molar-refractivity contribution in [3.05, 3.63) is 45.4 Å². The molecule has 0 spiro atoms. The number of benzene rings is 1. The standard InChI is InChI=1S/C16H18Cl2N2OS2/c17-13-6-5-11(9-14(13)18)10-15(21)19-16-20(7-8-22-16)23-12-3-1-2-4-12/h5-9,12,16H,1-4,10H2,(H,19,21). The van der Waals surface area contributed by atoms with Crippen molar-refractivity contribution in [3.8, 4) is 0 Å². The van der Waals surface area contributed by atoms with Gasteiger partial charge in [-0.1, -0.05) is 53.9 Å². The largest absolute Gasteiger partial charge is 0.326 e. The second kappa shape index (κ2) is 8.06. The van der Waals surface area contributed by atoms with E-state index in [1.54, 1.807) is 23.9 Å². The minimum atomic E-state index is -0.0316. The summed E-state index contributed by atoms with van der Waals surface area (Å²) in [6.45, 7) is 0. The maximum atomic E-state index is 12.3. The molecule has 1 amide bonds. The molecule has 0 aromatic heterocycles. The van der Waals surface area contributed by atoms with Crippen LogP contribution in [-0.2, 0) is 11.2 Å². The molecule has 7 heteroatoms. The zero-order chi connectivity index (χ0) is 16.2. The highest BCUT2D eigenvalue weighted by Crippen LogP contribution is 2.37. The lowest BCUT2D eigenvalue weighted by Gasteiger charge is -2.26. The molecule has 0 bridgehead atoms. The first-order chi connectivity index (χ1) is 11.1. The summed E-state index contributed by atoms with van der Waals surface area (Å²) in [5, 5.41) is 6.77. The molecule has 0 saturated heterocycles. The predicted octanol–water partition coefficient (Wildman–Crippen LogP) is 5.05. The first kappa shape index (κ1) is 17.3. The molecule has 1 aliphatic heterocycles. The van der Waals surface area contributed by atoms with Crippen LogP contribution in [0.5, 0.6) is 0 Å². The van der Waals surface area contributed by atoms with Crippen molar-refractivity contribution in [2.24, 2.45) is 0 Å². The lowest BCUT2D eigenvalue weighted by atomic mass is 10.1. The van der Waals surface area contributed by atoms with Gasteiger partial charge in [-0.05, 0) is 47.9 Å². The van der Waals surface area contributed by atoms with Gasteiger partial charge >= 0.3 is 0 Å². The van der Waals surface area contributed by atoms with Crippen molar-refractivity contribution in [1.82, 2.24) is 9.62 Å². The summed E-state index contributed by atoms with van der Waals surface area (Å²) in [7, 11) is 0. The monoisotopic (exact) mass is 388 g/mol. The number of amides is 1. The number of carbonyl (C=O) groups is 1. The van der Waals surface area contributed by atoms with E-state index in [0.717, 1.165) is 5.56 Å². The second-order valence-corrected chi connectivity index (χ2v) is 8.74. The van der Waals surface area contributed by atoms with Crippen LogP contribution in [0.4, 0.5) is 0 Å². The third-order valence-electron chi connectivity index (χ3n) is 3.85. The average molecular weight is 389 g/mol. The van der Waals surface area contributed by atoms with Gasteiger partial charge in [-0.25, -0.2) is 0 Å². The number of carbonyl (C=O) groups excluding carboxylic acids is 1. The summed E-state index contributed by atoms with van der Waals surface area (Å²) >= 11 is 15.4. The van der Waals surface area contributed by atoms with Gasteiger partial charge in [0, 0.05) is 11.4 Å². The normalized spacial score (nSPS) is 21.1. The maximum Gasteiger partial charge on any atom is 0.226 e. The van der Waals surface area contributed by atoms with Gasteiger partial charge in [-0.15, -0.1) is 0 Å². The van der Waals surface area contributed by atoms with Crippen LogP contribution in [-0.4, -0.2) is 21.0 Å². The van der Waals surface area contributed by atoms with Crippen LogP contribution in [0.3, 0.4) is 0 Å². The first-order valence-electron chi connectivity index (χ1n) is 7.62. The molecule has 1 aromatic carbocycles. The van der Waals surface area contributed by atoms with Crippen molar-refractivity contribution in [3.63, 3.8) is 0 Å². The molecule has 0 radical (unpaired) electrons. The van der Waals surface area contributed by atoms with Gasteiger partial charge in [-0.3, -0.25) is 9.10 Å². The Balaban J connectivity index is 1.53. The van der Waals surface area contributed by atoms with Crippen molar-refractivity contribution in [1.29, 1.82) is 0 Å². The summed E-state index contributed by atoms with van der Waals surface area (Å²) in [5.74, 6) is -0.0124. The van der Waals surface area contributed by atoms with Gasteiger partial charge in [0.15, 0.2) is 5.50 Å². The quantitative estimate of drug-likeness (QED) is 0.715. The van der Waals surface area contributed by atoms with Crippen LogP contribution >= 0.6 is 46.9 Å². The van der Waals surface area contributed by atoms with Crippen LogP contribution in [0, 0.1) is 0 Å². The van der Waals surface area contributed by atoms with Gasteiger partial charge < -0.3 is 5.32 Å². The minimum absolute atomic E-state index is 0.0124. The van der Waals surface area contributed by atoms with E-state index in [9.17, 15) is 4.79 Å². The minimum Gasteiger partial charge on any atom is -0.326 e. The molecule has 1 heterocycles. The molecule has 1 aromatic rings. The topological polar surface area (TPSA) is 32.3 Å². The molecular formula is C16H18Cl2N2OS2. The molecule has 1 unspecified atom stereocenters. The molecule has 3 rings (SSSR count). The molecule has 1 N–H and O–H groups in total. The molecule has 23 heavy (non-hydrogen) atoms. The zero-order valence-corrected chi connectivity index (χ0v) is 15.6. The van der Waals surface area contributed by atoms with E-state index < -0.39 is 0 Å². The number of hydrogen-bond acceptors (Lipinski definition) is 4. The average Bonchev–Trinajstić information content (AvgIpc) is 3.16. The number of halogens is 2.